The number of hydrogen-bond donors (Lipinski definition) is 2. The van der Waals surface area contributed by atoms with E-state index in [1.54, 1.807) is 19.1 Å². The van der Waals surface area contributed by atoms with Crippen LogP contribution in [0.1, 0.15) is 11.1 Å². The minimum absolute atomic E-state index is 0.230. The highest BCUT2D eigenvalue weighted by Crippen LogP contribution is 2.39. The second-order valence-corrected chi connectivity index (χ2v) is 6.52. The quantitative estimate of drug-likeness (QED) is 0.527. The van der Waals surface area contributed by atoms with E-state index in [0.717, 1.165) is 32.9 Å². The molecule has 0 bridgehead atoms. The first kappa shape index (κ1) is 16.1. The normalized spacial score (nSPS) is 10.6. The molecule has 24 heavy (non-hydrogen) atoms. The molecule has 0 amide bonds. The molecule has 3 aromatic rings. The second-order valence-electron chi connectivity index (χ2n) is 5.49. The molecule has 122 valence electrons. The van der Waals surface area contributed by atoms with Gasteiger partial charge in [0.1, 0.15) is 5.82 Å². The summed E-state index contributed by atoms with van der Waals surface area (Å²) >= 11 is 1.42. The number of hydrogen-bond acceptors (Lipinski definition) is 5. The van der Waals surface area contributed by atoms with Crippen molar-refractivity contribution in [2.75, 3.05) is 11.2 Å². The third-order valence-electron chi connectivity index (χ3n) is 3.76. The van der Waals surface area contributed by atoms with Crippen molar-refractivity contribution in [3.05, 3.63) is 53.3 Å². The van der Waals surface area contributed by atoms with Crippen LogP contribution in [0, 0.1) is 19.7 Å². The fraction of sp³-hybridized carbons (Fsp3) is 0.111. The number of aromatic nitrogens is 1. The van der Waals surface area contributed by atoms with E-state index in [0.29, 0.717) is 10.7 Å². The van der Waals surface area contributed by atoms with Gasteiger partial charge < -0.3 is 5.73 Å². The van der Waals surface area contributed by atoms with Gasteiger partial charge in [-0.3, -0.25) is 5.43 Å². The largest absolute Gasteiger partial charge is 0.375 e. The number of rotatable bonds is 4. The fourth-order valence-electron chi connectivity index (χ4n) is 2.54. The molecule has 1 aromatic heterocycles. The van der Waals surface area contributed by atoms with Crippen LogP contribution in [-0.2, 0) is 0 Å². The zero-order valence-corrected chi connectivity index (χ0v) is 14.2. The molecule has 4 nitrogen and oxygen atoms in total. The van der Waals surface area contributed by atoms with Crippen LogP contribution in [0.15, 0.2) is 41.5 Å². The lowest BCUT2D eigenvalue weighted by Crippen LogP contribution is -1.91. The number of thiazole rings is 1. The number of halogens is 1. The van der Waals surface area contributed by atoms with E-state index < -0.39 is 0 Å². The number of aryl methyl sites for hydroxylation is 2. The van der Waals surface area contributed by atoms with Crippen molar-refractivity contribution in [3.8, 4) is 21.7 Å². The average molecular weight is 340 g/mol. The summed E-state index contributed by atoms with van der Waals surface area (Å²) in [5, 5.41) is 4.17. The maximum atomic E-state index is 13.5. The number of benzene rings is 2. The maximum Gasteiger partial charge on any atom is 0.181 e. The predicted octanol–water partition coefficient (Wildman–Crippen LogP) is 4.84. The van der Waals surface area contributed by atoms with Crippen LogP contribution >= 0.6 is 11.3 Å². The van der Waals surface area contributed by atoms with Gasteiger partial charge >= 0.3 is 0 Å². The van der Waals surface area contributed by atoms with E-state index in [1.807, 2.05) is 25.1 Å². The summed E-state index contributed by atoms with van der Waals surface area (Å²) in [6, 6.07) is 10.9. The Labute approximate surface area is 143 Å². The number of nitrogen functional groups attached to an aromatic ring is 1. The van der Waals surface area contributed by atoms with Gasteiger partial charge in [-0.05, 0) is 60.9 Å². The number of anilines is 2. The molecule has 0 aliphatic rings. The van der Waals surface area contributed by atoms with Gasteiger partial charge in [-0.25, -0.2) is 9.37 Å². The van der Waals surface area contributed by atoms with Gasteiger partial charge in [0, 0.05) is 12.3 Å². The summed E-state index contributed by atoms with van der Waals surface area (Å²) in [6.07, 6.45) is 0. The van der Waals surface area contributed by atoms with Crippen molar-refractivity contribution in [1.82, 2.24) is 4.98 Å². The van der Waals surface area contributed by atoms with Crippen molar-refractivity contribution in [1.29, 1.82) is 0 Å². The van der Waals surface area contributed by atoms with E-state index in [9.17, 15) is 4.39 Å². The molecule has 0 aliphatic carbocycles. The molecular weight excluding hydrogens is 323 g/mol. The van der Waals surface area contributed by atoms with Crippen LogP contribution in [-0.4, -0.2) is 11.7 Å². The molecule has 0 aliphatic heterocycles. The molecule has 3 rings (SSSR count). The predicted molar refractivity (Wildman–Crippen MR) is 100 cm³/mol. The summed E-state index contributed by atoms with van der Waals surface area (Å²) in [4.78, 5) is 5.40. The topological polar surface area (TPSA) is 63.3 Å². The summed E-state index contributed by atoms with van der Waals surface area (Å²) in [6.45, 7) is 7.16. The molecule has 0 radical (unpaired) electrons. The molecule has 2 aromatic carbocycles. The summed E-state index contributed by atoms with van der Waals surface area (Å²) in [5.41, 5.74) is 13.9. The van der Waals surface area contributed by atoms with Crippen molar-refractivity contribution < 1.29 is 4.39 Å². The Morgan fingerprint density at radius 1 is 1.12 bits per heavy atom. The Kier molecular flexibility index (Phi) is 4.31. The van der Waals surface area contributed by atoms with Gasteiger partial charge in [0.05, 0.1) is 16.3 Å². The Hall–Kier alpha value is -2.73. The van der Waals surface area contributed by atoms with E-state index in [1.165, 1.54) is 17.4 Å². The molecular formula is C18H17FN4S. The molecule has 1 heterocycles. The maximum absolute atomic E-state index is 13.5. The third-order valence-corrected chi connectivity index (χ3v) is 4.70. The van der Waals surface area contributed by atoms with Gasteiger partial charge in [0.2, 0.25) is 0 Å². The van der Waals surface area contributed by atoms with Crippen molar-refractivity contribution in [2.24, 2.45) is 5.10 Å². The first-order chi connectivity index (χ1) is 11.5. The van der Waals surface area contributed by atoms with Gasteiger partial charge in [0.15, 0.2) is 5.13 Å². The minimum atomic E-state index is -0.230. The van der Waals surface area contributed by atoms with Crippen LogP contribution in [0.5, 0.6) is 0 Å². The minimum Gasteiger partial charge on any atom is -0.375 e. The SMILES string of the molecule is C=NNc1ccc(-c2sc(N)nc2-c2ccc(F)c(C)c2)cc1C. The number of nitrogens with one attached hydrogen (secondary N) is 1. The molecule has 3 N–H and O–H groups in total. The van der Waals surface area contributed by atoms with Crippen LogP contribution < -0.4 is 11.2 Å². The highest BCUT2D eigenvalue weighted by Gasteiger charge is 2.15. The monoisotopic (exact) mass is 340 g/mol. The average Bonchev–Trinajstić information content (AvgIpc) is 2.94. The fourth-order valence-corrected chi connectivity index (χ4v) is 3.39. The van der Waals surface area contributed by atoms with Gasteiger partial charge in [-0.15, -0.1) is 0 Å². The van der Waals surface area contributed by atoms with Crippen LogP contribution in [0.3, 0.4) is 0 Å². The van der Waals surface area contributed by atoms with Crippen LogP contribution in [0.2, 0.25) is 0 Å². The smallest absolute Gasteiger partial charge is 0.181 e. The molecule has 0 saturated heterocycles. The molecule has 0 atom stereocenters. The highest BCUT2D eigenvalue weighted by atomic mass is 32.1. The van der Waals surface area contributed by atoms with E-state index in [2.05, 4.69) is 22.2 Å². The Balaban J connectivity index is 2.11. The third kappa shape index (κ3) is 3.00. The van der Waals surface area contributed by atoms with Gasteiger partial charge in [0.25, 0.3) is 0 Å². The standard InChI is InChI=1S/C18H17FN4S/c1-10-8-12(4-6-14(10)19)16-17(24-18(20)22-16)13-5-7-15(23-21-3)11(2)9-13/h4-9,23H,3H2,1-2H3,(H2,20,22). The Morgan fingerprint density at radius 3 is 2.50 bits per heavy atom. The van der Waals surface area contributed by atoms with Gasteiger partial charge in [-0.2, -0.15) is 5.10 Å². The number of hydrazone groups is 1. The number of nitrogens with zero attached hydrogens (tertiary/aromatic N) is 2. The molecule has 6 heteroatoms. The highest BCUT2D eigenvalue weighted by molar-refractivity contribution is 7.19. The van der Waals surface area contributed by atoms with E-state index in [-0.39, 0.29) is 5.82 Å². The van der Waals surface area contributed by atoms with Crippen LogP contribution in [0.25, 0.3) is 21.7 Å². The second kappa shape index (κ2) is 6.41. The molecule has 0 unspecified atom stereocenters. The number of nitrogens with two attached hydrogens (primary N) is 1. The van der Waals surface area contributed by atoms with Crippen molar-refractivity contribution >= 4 is 28.9 Å². The summed E-state index contributed by atoms with van der Waals surface area (Å²) < 4.78 is 13.5. The Morgan fingerprint density at radius 2 is 1.83 bits per heavy atom. The summed E-state index contributed by atoms with van der Waals surface area (Å²) in [5.74, 6) is -0.230. The lowest BCUT2D eigenvalue weighted by atomic mass is 10.0. The lowest BCUT2D eigenvalue weighted by Gasteiger charge is -2.08. The molecule has 0 spiro atoms. The van der Waals surface area contributed by atoms with E-state index in [4.69, 9.17) is 5.73 Å². The zero-order valence-electron chi connectivity index (χ0n) is 13.4. The summed E-state index contributed by atoms with van der Waals surface area (Å²) in [7, 11) is 0. The van der Waals surface area contributed by atoms with E-state index >= 15 is 0 Å². The Bertz CT molecular complexity index is 917. The zero-order chi connectivity index (χ0) is 17.3. The van der Waals surface area contributed by atoms with Gasteiger partial charge in [-0.1, -0.05) is 17.4 Å². The lowest BCUT2D eigenvalue weighted by molar-refractivity contribution is 0.619. The molecule has 0 saturated carbocycles. The van der Waals surface area contributed by atoms with Crippen LogP contribution in [0.4, 0.5) is 15.2 Å². The van der Waals surface area contributed by atoms with Crippen molar-refractivity contribution in [2.45, 2.75) is 13.8 Å². The molecule has 0 fully saturated rings. The van der Waals surface area contributed by atoms with Crippen molar-refractivity contribution in [3.63, 3.8) is 0 Å². The first-order valence-corrected chi connectivity index (χ1v) is 8.17. The first-order valence-electron chi connectivity index (χ1n) is 7.35.